The van der Waals surface area contributed by atoms with Crippen LogP contribution >= 0.6 is 0 Å². The number of nitrogens with zero attached hydrogens (tertiary/aromatic N) is 6. The van der Waals surface area contributed by atoms with Crippen molar-refractivity contribution in [2.24, 2.45) is 5.92 Å². The van der Waals surface area contributed by atoms with E-state index in [0.29, 0.717) is 18.3 Å². The van der Waals surface area contributed by atoms with E-state index in [0.717, 1.165) is 64.8 Å². The first-order valence-electron chi connectivity index (χ1n) is 15.4. The lowest BCUT2D eigenvalue weighted by molar-refractivity contribution is -0.137. The summed E-state index contributed by atoms with van der Waals surface area (Å²) in [5, 5.41) is 18.9. The third kappa shape index (κ3) is 4.95. The molecule has 4 aromatic rings. The number of anilines is 1. The molecule has 0 spiro atoms. The van der Waals surface area contributed by atoms with Gasteiger partial charge in [-0.15, -0.1) is 5.10 Å². The summed E-state index contributed by atoms with van der Waals surface area (Å²) in [5.74, 6) is -0.148. The van der Waals surface area contributed by atoms with E-state index in [1.807, 2.05) is 48.9 Å². The van der Waals surface area contributed by atoms with Crippen LogP contribution in [0.25, 0.3) is 11.0 Å². The van der Waals surface area contributed by atoms with Crippen LogP contribution in [0.15, 0.2) is 53.6 Å². The molecular formula is C33H38N6O4S. The van der Waals surface area contributed by atoms with Crippen molar-refractivity contribution in [2.45, 2.75) is 82.3 Å². The van der Waals surface area contributed by atoms with Gasteiger partial charge in [0.15, 0.2) is 0 Å². The smallest absolute Gasteiger partial charge is 0.304 e. The summed E-state index contributed by atoms with van der Waals surface area (Å²) in [6.45, 7) is 8.25. The molecule has 0 bridgehead atoms. The molecule has 230 valence electrons. The summed E-state index contributed by atoms with van der Waals surface area (Å²) in [5.41, 5.74) is 5.86. The van der Waals surface area contributed by atoms with Crippen LogP contribution in [0.5, 0.6) is 0 Å². The SMILES string of the molecule is Cc1ccc(C(CC(=O)O)c2ccc3c(nnn3CC3CC3)c2C)cc1CN1C[C@]2(C)CCCN2c2ncccc2S1(=O)=O. The standard InChI is InChI=1S/C33H38N6O4S/c1-21-7-10-24(27(17-30(40)41)26-11-12-28-31(22(26)2)35-36-39(28)18-23-8-9-23)16-25(21)19-37-20-33(3)13-5-15-38(33)32-29(44(37,42)43)6-4-14-34-32/h4,6-7,10-12,14,16,23,27H,5,8-9,13,15,17-20H2,1-3H3,(H,40,41)/t27?,33-/m0/s1. The third-order valence-corrected chi connectivity index (χ3v) is 11.7. The number of carbonyl (C=O) groups is 1. The first-order valence-corrected chi connectivity index (χ1v) is 16.9. The Kier molecular flexibility index (Phi) is 7.00. The molecule has 4 heterocycles. The zero-order valence-corrected chi connectivity index (χ0v) is 26.2. The molecule has 1 unspecified atom stereocenters. The molecule has 2 fully saturated rings. The van der Waals surface area contributed by atoms with Crippen molar-refractivity contribution in [3.05, 3.63) is 76.5 Å². The largest absolute Gasteiger partial charge is 0.481 e. The van der Waals surface area contributed by atoms with Gasteiger partial charge in [-0.2, -0.15) is 4.31 Å². The molecule has 10 nitrogen and oxygen atoms in total. The molecule has 3 aliphatic rings. The maximum absolute atomic E-state index is 14.1. The fourth-order valence-electron chi connectivity index (χ4n) is 7.17. The number of hydrogen-bond acceptors (Lipinski definition) is 7. The fraction of sp³-hybridized carbons (Fsp3) is 0.455. The van der Waals surface area contributed by atoms with Crippen molar-refractivity contribution in [3.8, 4) is 0 Å². The second-order valence-corrected chi connectivity index (χ2v) is 15.0. The number of pyridine rings is 1. The molecular weight excluding hydrogens is 576 g/mol. The Bertz CT molecular complexity index is 1880. The maximum atomic E-state index is 14.1. The normalized spacial score (nSPS) is 22.0. The summed E-state index contributed by atoms with van der Waals surface area (Å²) >= 11 is 0. The van der Waals surface area contributed by atoms with E-state index < -0.39 is 21.9 Å². The number of carboxylic acid groups (broad SMARTS) is 1. The van der Waals surface area contributed by atoms with Crippen molar-refractivity contribution >= 4 is 32.8 Å². The van der Waals surface area contributed by atoms with Crippen LogP contribution in [0.1, 0.15) is 72.8 Å². The highest BCUT2D eigenvalue weighted by Gasteiger charge is 2.47. The minimum Gasteiger partial charge on any atom is -0.481 e. The van der Waals surface area contributed by atoms with Gasteiger partial charge in [0, 0.05) is 38.3 Å². The van der Waals surface area contributed by atoms with E-state index in [2.05, 4.69) is 27.1 Å². The number of carboxylic acids is 1. The average Bonchev–Trinajstić information content (AvgIpc) is 3.60. The zero-order chi connectivity index (χ0) is 30.8. The molecule has 44 heavy (non-hydrogen) atoms. The van der Waals surface area contributed by atoms with Gasteiger partial charge in [0.1, 0.15) is 16.2 Å². The van der Waals surface area contributed by atoms with Gasteiger partial charge in [0.2, 0.25) is 10.0 Å². The molecule has 2 aromatic carbocycles. The Morgan fingerprint density at radius 1 is 1.16 bits per heavy atom. The molecule has 1 saturated carbocycles. The topological polar surface area (TPSA) is 122 Å². The Hall–Kier alpha value is -3.83. The zero-order valence-electron chi connectivity index (χ0n) is 25.4. The van der Waals surface area contributed by atoms with E-state index in [4.69, 9.17) is 0 Å². The second kappa shape index (κ2) is 10.7. The monoisotopic (exact) mass is 614 g/mol. The highest BCUT2D eigenvalue weighted by atomic mass is 32.2. The van der Waals surface area contributed by atoms with Crippen molar-refractivity contribution in [2.75, 3.05) is 18.0 Å². The number of hydrogen-bond donors (Lipinski definition) is 1. The number of sulfonamides is 1. The lowest BCUT2D eigenvalue weighted by atomic mass is 9.84. The van der Waals surface area contributed by atoms with Crippen LogP contribution in [0.4, 0.5) is 5.82 Å². The van der Waals surface area contributed by atoms with Crippen LogP contribution in [-0.4, -0.2) is 62.4 Å². The Labute approximate surface area is 257 Å². The molecule has 7 rings (SSSR count). The van der Waals surface area contributed by atoms with Crippen LogP contribution in [-0.2, 0) is 27.9 Å². The van der Waals surface area contributed by atoms with E-state index in [9.17, 15) is 18.3 Å². The number of fused-ring (bicyclic) bond motifs is 4. The van der Waals surface area contributed by atoms with Gasteiger partial charge in [-0.1, -0.05) is 29.5 Å². The minimum absolute atomic E-state index is 0.0981. The first kappa shape index (κ1) is 28.9. The van der Waals surface area contributed by atoms with Crippen LogP contribution in [0.3, 0.4) is 0 Å². The van der Waals surface area contributed by atoms with E-state index in [-0.39, 0.29) is 23.4 Å². The van der Waals surface area contributed by atoms with Gasteiger partial charge >= 0.3 is 5.97 Å². The van der Waals surface area contributed by atoms with Gasteiger partial charge in [0.25, 0.3) is 0 Å². The van der Waals surface area contributed by atoms with Gasteiger partial charge in [0.05, 0.1) is 17.5 Å². The van der Waals surface area contributed by atoms with Crippen LogP contribution < -0.4 is 4.90 Å². The molecule has 1 aliphatic carbocycles. The lowest BCUT2D eigenvalue weighted by Crippen LogP contribution is -2.49. The number of benzene rings is 2. The van der Waals surface area contributed by atoms with E-state index >= 15 is 0 Å². The summed E-state index contributed by atoms with van der Waals surface area (Å²) in [6, 6.07) is 13.3. The Balaban J connectivity index is 1.26. The van der Waals surface area contributed by atoms with Gasteiger partial charge in [-0.3, -0.25) is 4.79 Å². The molecule has 1 N–H and O–H groups in total. The van der Waals surface area contributed by atoms with Crippen LogP contribution in [0, 0.1) is 19.8 Å². The highest BCUT2D eigenvalue weighted by Crippen LogP contribution is 2.42. The highest BCUT2D eigenvalue weighted by molar-refractivity contribution is 7.89. The van der Waals surface area contributed by atoms with Crippen molar-refractivity contribution in [1.29, 1.82) is 0 Å². The minimum atomic E-state index is -3.83. The number of aromatic nitrogens is 4. The molecule has 2 atom stereocenters. The van der Waals surface area contributed by atoms with Crippen molar-refractivity contribution < 1.29 is 18.3 Å². The van der Waals surface area contributed by atoms with E-state index in [1.54, 1.807) is 22.6 Å². The molecule has 0 amide bonds. The van der Waals surface area contributed by atoms with Crippen molar-refractivity contribution in [3.63, 3.8) is 0 Å². The lowest BCUT2D eigenvalue weighted by Gasteiger charge is -2.36. The predicted molar refractivity (Wildman–Crippen MR) is 167 cm³/mol. The first-order chi connectivity index (χ1) is 21.0. The maximum Gasteiger partial charge on any atom is 0.304 e. The van der Waals surface area contributed by atoms with E-state index in [1.165, 1.54) is 12.8 Å². The summed E-state index contributed by atoms with van der Waals surface area (Å²) in [4.78, 5) is 19.1. The number of aliphatic carboxylic acids is 1. The third-order valence-electron chi connectivity index (χ3n) is 9.88. The fourth-order valence-corrected chi connectivity index (χ4v) is 8.85. The summed E-state index contributed by atoms with van der Waals surface area (Å²) in [6.07, 6.45) is 5.85. The van der Waals surface area contributed by atoms with Gasteiger partial charge < -0.3 is 10.0 Å². The quantitative estimate of drug-likeness (QED) is 0.294. The van der Waals surface area contributed by atoms with Gasteiger partial charge in [-0.05, 0) is 98.4 Å². The molecule has 0 radical (unpaired) electrons. The predicted octanol–water partition coefficient (Wildman–Crippen LogP) is 5.02. The number of rotatable bonds is 8. The molecule has 11 heteroatoms. The summed E-state index contributed by atoms with van der Waals surface area (Å²) < 4.78 is 31.8. The van der Waals surface area contributed by atoms with Crippen molar-refractivity contribution in [1.82, 2.24) is 24.3 Å². The average molecular weight is 615 g/mol. The molecule has 1 saturated heterocycles. The van der Waals surface area contributed by atoms with Crippen LogP contribution in [0.2, 0.25) is 0 Å². The molecule has 2 aliphatic heterocycles. The number of aryl methyl sites for hydroxylation is 2. The second-order valence-electron chi connectivity index (χ2n) is 13.0. The Morgan fingerprint density at radius 2 is 1.98 bits per heavy atom. The molecule has 2 aromatic heterocycles. The van der Waals surface area contributed by atoms with Gasteiger partial charge in [-0.25, -0.2) is 18.1 Å². The summed E-state index contributed by atoms with van der Waals surface area (Å²) in [7, 11) is -3.83. The Morgan fingerprint density at radius 3 is 2.75 bits per heavy atom.